The molecule has 11 heteroatoms. The Morgan fingerprint density at radius 2 is 1.73 bits per heavy atom. The van der Waals surface area contributed by atoms with Crippen LogP contribution in [0.1, 0.15) is 34.3 Å². The molecule has 1 aliphatic rings. The van der Waals surface area contributed by atoms with Gasteiger partial charge in [-0.15, -0.1) is 16.9 Å². The Morgan fingerprint density at radius 3 is 2.40 bits per heavy atom. The first kappa shape index (κ1) is 27.6. The second kappa shape index (κ2) is 11.2. The van der Waals surface area contributed by atoms with Crippen LogP contribution in [0.15, 0.2) is 82.5 Å². The van der Waals surface area contributed by atoms with Gasteiger partial charge in [0, 0.05) is 22.1 Å². The van der Waals surface area contributed by atoms with Gasteiger partial charge in [-0.3, -0.25) is 14.4 Å². The van der Waals surface area contributed by atoms with Crippen LogP contribution < -0.4 is 5.56 Å². The number of aliphatic carboxylic acids is 1. The molecule has 1 heterocycles. The van der Waals surface area contributed by atoms with Gasteiger partial charge >= 0.3 is 12.1 Å². The van der Waals surface area contributed by atoms with Crippen LogP contribution in [0.25, 0.3) is 10.9 Å². The number of benzene rings is 3. The van der Waals surface area contributed by atoms with Crippen molar-refractivity contribution in [3.05, 3.63) is 99.8 Å². The Kier molecular flexibility index (Phi) is 7.75. The highest BCUT2D eigenvalue weighted by atomic mass is 32.2. The van der Waals surface area contributed by atoms with E-state index in [4.69, 9.17) is 0 Å². The van der Waals surface area contributed by atoms with Gasteiger partial charge in [0.25, 0.3) is 5.56 Å². The van der Waals surface area contributed by atoms with E-state index in [9.17, 15) is 32.7 Å². The third kappa shape index (κ3) is 5.79. The van der Waals surface area contributed by atoms with Gasteiger partial charge in [-0.1, -0.05) is 47.7 Å². The van der Waals surface area contributed by atoms with Crippen LogP contribution in [0.3, 0.4) is 0 Å². The Labute approximate surface area is 231 Å². The highest BCUT2D eigenvalue weighted by Gasteiger charge is 2.45. The highest BCUT2D eigenvalue weighted by Crippen LogP contribution is 2.40. The number of ketones is 1. The Balaban J connectivity index is 1.32. The van der Waals surface area contributed by atoms with Gasteiger partial charge in [0.1, 0.15) is 5.52 Å². The summed E-state index contributed by atoms with van der Waals surface area (Å²) in [7, 11) is 0. The molecule has 3 atom stereocenters. The maximum Gasteiger partial charge on any atom is 0.416 e. The standard InChI is InChI=1S/C29H24F3N3O4S/c30-29(31,32)20-9-13-24-23(14-20)27(37)35(34-33-24)15-19-8-12-22(25(19)28(38)39)26(36)18-6-10-21(11-7-18)40-16-17-4-2-1-3-5-17/h1-7,9-11,13-14,19,22,25H,8,12,15-16H2,(H,38,39). The van der Waals surface area contributed by atoms with E-state index in [0.717, 1.165) is 33.5 Å². The summed E-state index contributed by atoms with van der Waals surface area (Å²) in [6.45, 7) is -0.173. The maximum atomic E-state index is 13.4. The fraction of sp³-hybridized carbons (Fsp3) is 0.276. The van der Waals surface area contributed by atoms with Crippen molar-refractivity contribution in [3.63, 3.8) is 0 Å². The van der Waals surface area contributed by atoms with Crippen molar-refractivity contribution in [3.8, 4) is 0 Å². The molecule has 1 aromatic heterocycles. The molecule has 1 saturated carbocycles. The van der Waals surface area contributed by atoms with Gasteiger partial charge in [-0.05, 0) is 54.7 Å². The highest BCUT2D eigenvalue weighted by molar-refractivity contribution is 7.98. The predicted molar refractivity (Wildman–Crippen MR) is 143 cm³/mol. The van der Waals surface area contributed by atoms with E-state index in [1.807, 2.05) is 42.5 Å². The zero-order valence-electron chi connectivity index (χ0n) is 21.0. The topological polar surface area (TPSA) is 102 Å². The van der Waals surface area contributed by atoms with Gasteiger partial charge in [-0.25, -0.2) is 4.68 Å². The minimum atomic E-state index is -4.64. The fourth-order valence-electron chi connectivity index (χ4n) is 5.22. The second-order valence-electron chi connectivity index (χ2n) is 9.78. The number of rotatable bonds is 8. The third-order valence-corrected chi connectivity index (χ3v) is 8.34. The summed E-state index contributed by atoms with van der Waals surface area (Å²) in [4.78, 5) is 39.6. The molecule has 0 aliphatic heterocycles. The van der Waals surface area contributed by atoms with Crippen LogP contribution >= 0.6 is 11.8 Å². The fourth-order valence-corrected chi connectivity index (χ4v) is 6.07. The van der Waals surface area contributed by atoms with Crippen LogP contribution in [0.5, 0.6) is 0 Å². The molecule has 0 spiro atoms. The number of carbonyl (C=O) groups excluding carboxylic acids is 1. The van der Waals surface area contributed by atoms with E-state index in [1.54, 1.807) is 23.9 Å². The van der Waals surface area contributed by atoms with E-state index in [2.05, 4.69) is 10.3 Å². The van der Waals surface area contributed by atoms with E-state index in [1.165, 1.54) is 5.56 Å². The number of halogens is 3. The zero-order chi connectivity index (χ0) is 28.4. The van der Waals surface area contributed by atoms with Crippen molar-refractivity contribution >= 4 is 34.4 Å². The first-order valence-corrected chi connectivity index (χ1v) is 13.6. The lowest BCUT2D eigenvalue weighted by Crippen LogP contribution is -2.34. The number of nitrogens with zero attached hydrogens (tertiary/aromatic N) is 3. The summed E-state index contributed by atoms with van der Waals surface area (Å²) < 4.78 is 40.4. The summed E-state index contributed by atoms with van der Waals surface area (Å²) in [6, 6.07) is 19.6. The Bertz CT molecular complexity index is 1610. The molecule has 1 aliphatic carbocycles. The summed E-state index contributed by atoms with van der Waals surface area (Å²) in [5, 5.41) is 17.4. The van der Waals surface area contributed by atoms with Gasteiger partial charge in [-0.2, -0.15) is 13.2 Å². The van der Waals surface area contributed by atoms with Crippen LogP contribution in [0.4, 0.5) is 13.2 Å². The average Bonchev–Trinajstić information content (AvgIpc) is 3.37. The average molecular weight is 568 g/mol. The summed E-state index contributed by atoms with van der Waals surface area (Å²) >= 11 is 1.62. The molecule has 4 aromatic rings. The number of alkyl halides is 3. The zero-order valence-corrected chi connectivity index (χ0v) is 21.9. The van der Waals surface area contributed by atoms with Gasteiger partial charge < -0.3 is 5.11 Å². The monoisotopic (exact) mass is 567 g/mol. The lowest BCUT2D eigenvalue weighted by atomic mass is 9.84. The summed E-state index contributed by atoms with van der Waals surface area (Å²) in [5.74, 6) is -3.19. The molecular weight excluding hydrogens is 543 g/mol. The van der Waals surface area contributed by atoms with Crippen LogP contribution in [0, 0.1) is 17.8 Å². The Hall–Kier alpha value is -3.99. The first-order valence-electron chi connectivity index (χ1n) is 12.6. The quantitative estimate of drug-likeness (QED) is 0.215. The minimum absolute atomic E-state index is 0.00823. The molecule has 0 saturated heterocycles. The molecule has 1 fully saturated rings. The van der Waals surface area contributed by atoms with E-state index in [-0.39, 0.29) is 23.2 Å². The number of carboxylic acid groups (broad SMARTS) is 1. The molecule has 0 radical (unpaired) electrons. The normalized spacial score (nSPS) is 19.1. The number of Topliss-reactive ketones (excluding diaryl/α,β-unsaturated/α-hetero) is 1. The van der Waals surface area contributed by atoms with E-state index in [0.29, 0.717) is 18.4 Å². The molecular formula is C29H24F3N3O4S. The smallest absolute Gasteiger partial charge is 0.416 e. The molecule has 3 aromatic carbocycles. The number of aromatic nitrogens is 3. The number of thioether (sulfide) groups is 1. The third-order valence-electron chi connectivity index (χ3n) is 7.26. The maximum absolute atomic E-state index is 13.4. The lowest BCUT2D eigenvalue weighted by molar-refractivity contribution is -0.144. The van der Waals surface area contributed by atoms with Crippen molar-refractivity contribution < 1.29 is 27.9 Å². The summed E-state index contributed by atoms with van der Waals surface area (Å²) in [6.07, 6.45) is -3.99. The SMILES string of the molecule is O=C(c1ccc(SCc2ccccc2)cc1)C1CCC(Cn2nnc3ccc(C(F)(F)F)cc3c2=O)C1C(=O)O. The van der Waals surface area contributed by atoms with Crippen LogP contribution in [0.2, 0.25) is 0 Å². The van der Waals surface area contributed by atoms with Crippen molar-refractivity contribution in [2.24, 2.45) is 17.8 Å². The largest absolute Gasteiger partial charge is 0.481 e. The number of hydrogen-bond acceptors (Lipinski definition) is 6. The van der Waals surface area contributed by atoms with Gasteiger partial charge in [0.15, 0.2) is 5.78 Å². The molecule has 7 nitrogen and oxygen atoms in total. The molecule has 0 bridgehead atoms. The lowest BCUT2D eigenvalue weighted by Gasteiger charge is -2.20. The number of carboxylic acids is 1. The minimum Gasteiger partial charge on any atom is -0.481 e. The molecule has 5 rings (SSSR count). The molecule has 0 amide bonds. The van der Waals surface area contributed by atoms with Crippen molar-refractivity contribution in [1.29, 1.82) is 0 Å². The van der Waals surface area contributed by atoms with Crippen LogP contribution in [-0.4, -0.2) is 31.9 Å². The second-order valence-corrected chi connectivity index (χ2v) is 10.8. The predicted octanol–water partition coefficient (Wildman–Crippen LogP) is 5.71. The van der Waals surface area contributed by atoms with Gasteiger partial charge in [0.05, 0.1) is 23.4 Å². The van der Waals surface area contributed by atoms with E-state index < -0.39 is 41.0 Å². The molecule has 206 valence electrons. The number of fused-ring (bicyclic) bond motifs is 1. The van der Waals surface area contributed by atoms with Crippen molar-refractivity contribution in [2.45, 2.75) is 36.2 Å². The Morgan fingerprint density at radius 1 is 1.00 bits per heavy atom. The van der Waals surface area contributed by atoms with Crippen molar-refractivity contribution in [1.82, 2.24) is 15.0 Å². The summed E-state index contributed by atoms with van der Waals surface area (Å²) in [5.41, 5.74) is -0.197. The molecule has 3 unspecified atom stereocenters. The van der Waals surface area contributed by atoms with Crippen molar-refractivity contribution in [2.75, 3.05) is 0 Å². The van der Waals surface area contributed by atoms with Crippen LogP contribution in [-0.2, 0) is 23.3 Å². The number of carbonyl (C=O) groups is 2. The molecule has 1 N–H and O–H groups in total. The number of hydrogen-bond donors (Lipinski definition) is 1. The van der Waals surface area contributed by atoms with E-state index >= 15 is 0 Å². The van der Waals surface area contributed by atoms with Gasteiger partial charge in [0.2, 0.25) is 0 Å². The molecule has 40 heavy (non-hydrogen) atoms. The first-order chi connectivity index (χ1) is 19.1.